The summed E-state index contributed by atoms with van der Waals surface area (Å²) in [6, 6.07) is 14.5. The lowest BCUT2D eigenvalue weighted by atomic mass is 9.98. The van der Waals surface area contributed by atoms with Crippen molar-refractivity contribution < 1.29 is 38.5 Å². The molecule has 0 bridgehead atoms. The second kappa shape index (κ2) is 12.0. The molecule has 2 aromatic carbocycles. The minimum Gasteiger partial charge on any atom is -0.480 e. The van der Waals surface area contributed by atoms with Crippen LogP contribution in [0.15, 0.2) is 48.5 Å². The van der Waals surface area contributed by atoms with Crippen LogP contribution in [-0.4, -0.2) is 68.6 Å². The van der Waals surface area contributed by atoms with Crippen molar-refractivity contribution in [1.29, 1.82) is 0 Å². The monoisotopic (exact) mass is 484 g/mol. The molecule has 0 spiro atoms. The van der Waals surface area contributed by atoms with E-state index >= 15 is 0 Å². The Morgan fingerprint density at radius 1 is 0.943 bits per heavy atom. The number of nitrogens with one attached hydrogen (secondary N) is 2. The van der Waals surface area contributed by atoms with Crippen LogP contribution in [0.4, 0.5) is 4.79 Å². The topological polar surface area (TPSA) is 140 Å². The zero-order valence-corrected chi connectivity index (χ0v) is 19.5. The summed E-state index contributed by atoms with van der Waals surface area (Å²) in [5.74, 6) is -2.87. The van der Waals surface area contributed by atoms with Crippen molar-refractivity contribution in [3.63, 3.8) is 0 Å². The fourth-order valence-corrected chi connectivity index (χ4v) is 4.00. The van der Waals surface area contributed by atoms with Crippen molar-refractivity contribution in [2.24, 2.45) is 0 Å². The van der Waals surface area contributed by atoms with Gasteiger partial charge in [0.25, 0.3) is 0 Å². The molecule has 2 amide bonds. The molecular weight excluding hydrogens is 456 g/mol. The van der Waals surface area contributed by atoms with Gasteiger partial charge in [-0.1, -0.05) is 48.5 Å². The highest BCUT2D eigenvalue weighted by Gasteiger charge is 2.29. The van der Waals surface area contributed by atoms with Crippen molar-refractivity contribution >= 4 is 23.9 Å². The molecule has 0 aliphatic heterocycles. The van der Waals surface area contributed by atoms with Gasteiger partial charge in [-0.05, 0) is 22.3 Å². The van der Waals surface area contributed by atoms with Crippen molar-refractivity contribution in [1.82, 2.24) is 10.6 Å². The van der Waals surface area contributed by atoms with E-state index in [1.165, 1.54) is 7.11 Å². The molecule has 2 atom stereocenters. The first-order valence-corrected chi connectivity index (χ1v) is 11.0. The quantitative estimate of drug-likeness (QED) is 0.412. The number of carbonyl (C=O) groups excluding carboxylic acids is 3. The van der Waals surface area contributed by atoms with Crippen LogP contribution in [0.1, 0.15) is 29.9 Å². The summed E-state index contributed by atoms with van der Waals surface area (Å²) in [6.07, 6.45) is -2.13. The molecule has 35 heavy (non-hydrogen) atoms. The molecule has 10 nitrogen and oxygen atoms in total. The Balaban J connectivity index is 1.49. The van der Waals surface area contributed by atoms with Crippen LogP contribution in [-0.2, 0) is 28.6 Å². The fourth-order valence-electron chi connectivity index (χ4n) is 4.00. The SMILES string of the molecule is COC(=O)C[C@H](NC(=O)CC(CNC(=O)OCC1c2ccccc2-c2ccccc21)OC)C(=O)O. The van der Waals surface area contributed by atoms with Gasteiger partial charge >= 0.3 is 18.0 Å². The number of alkyl carbamates (subject to hydrolysis) is 1. The summed E-state index contributed by atoms with van der Waals surface area (Å²) in [5, 5.41) is 14.0. The van der Waals surface area contributed by atoms with Gasteiger partial charge in [-0.25, -0.2) is 9.59 Å². The summed E-state index contributed by atoms with van der Waals surface area (Å²) in [5.41, 5.74) is 4.42. The Labute approximate surface area is 202 Å². The van der Waals surface area contributed by atoms with Gasteiger partial charge in [0, 0.05) is 19.6 Å². The molecule has 2 aromatic rings. The summed E-state index contributed by atoms with van der Waals surface area (Å²) < 4.78 is 15.1. The number of carboxylic acid groups (broad SMARTS) is 1. The van der Waals surface area contributed by atoms with Crippen LogP contribution in [0.25, 0.3) is 11.1 Å². The zero-order valence-electron chi connectivity index (χ0n) is 19.5. The first kappa shape index (κ1) is 25.7. The molecule has 1 unspecified atom stereocenters. The number of hydrogen-bond acceptors (Lipinski definition) is 7. The summed E-state index contributed by atoms with van der Waals surface area (Å²) in [7, 11) is 2.49. The van der Waals surface area contributed by atoms with Crippen LogP contribution in [0.2, 0.25) is 0 Å². The highest BCUT2D eigenvalue weighted by molar-refractivity contribution is 5.87. The van der Waals surface area contributed by atoms with Crippen molar-refractivity contribution in [2.45, 2.75) is 30.9 Å². The van der Waals surface area contributed by atoms with E-state index in [0.29, 0.717) is 0 Å². The normalized spacial score (nSPS) is 13.7. The molecule has 186 valence electrons. The Morgan fingerprint density at radius 2 is 1.54 bits per heavy atom. The van der Waals surface area contributed by atoms with Gasteiger partial charge in [-0.3, -0.25) is 9.59 Å². The molecule has 3 N–H and O–H groups in total. The predicted octanol–water partition coefficient (Wildman–Crippen LogP) is 2.06. The summed E-state index contributed by atoms with van der Waals surface area (Å²) >= 11 is 0. The standard InChI is InChI=1S/C25H28N2O8/c1-33-15(11-22(28)27-21(24(30)31)12-23(29)34-2)13-26-25(32)35-14-20-18-9-5-3-7-16(18)17-8-4-6-10-19(17)20/h3-10,15,20-21H,11-14H2,1-2H3,(H,26,32)(H,27,28)(H,30,31)/t15?,21-/m0/s1. The smallest absolute Gasteiger partial charge is 0.407 e. The van der Waals surface area contributed by atoms with Crippen LogP contribution in [0, 0.1) is 0 Å². The van der Waals surface area contributed by atoms with E-state index in [2.05, 4.69) is 15.4 Å². The van der Waals surface area contributed by atoms with Crippen LogP contribution in [0.3, 0.4) is 0 Å². The number of benzene rings is 2. The molecule has 0 aromatic heterocycles. The number of ether oxygens (including phenoxy) is 3. The highest BCUT2D eigenvalue weighted by Crippen LogP contribution is 2.44. The van der Waals surface area contributed by atoms with E-state index in [9.17, 15) is 24.3 Å². The number of aliphatic carboxylic acids is 1. The average molecular weight is 485 g/mol. The van der Waals surface area contributed by atoms with E-state index in [1.807, 2.05) is 48.5 Å². The minimum atomic E-state index is -1.43. The lowest BCUT2D eigenvalue weighted by molar-refractivity contribution is -0.149. The van der Waals surface area contributed by atoms with Crippen LogP contribution < -0.4 is 10.6 Å². The van der Waals surface area contributed by atoms with Crippen molar-refractivity contribution in [3.05, 3.63) is 59.7 Å². The van der Waals surface area contributed by atoms with Crippen molar-refractivity contribution in [2.75, 3.05) is 27.4 Å². The molecule has 0 fully saturated rings. The van der Waals surface area contributed by atoms with Gasteiger partial charge in [0.1, 0.15) is 12.6 Å². The van der Waals surface area contributed by atoms with E-state index in [1.54, 1.807) is 0 Å². The second-order valence-corrected chi connectivity index (χ2v) is 8.01. The first-order valence-electron chi connectivity index (χ1n) is 11.0. The molecule has 0 radical (unpaired) electrons. The molecule has 0 heterocycles. The number of carboxylic acids is 1. The van der Waals surface area contributed by atoms with Crippen LogP contribution >= 0.6 is 0 Å². The third-order valence-electron chi connectivity index (χ3n) is 5.80. The van der Waals surface area contributed by atoms with Gasteiger partial charge in [-0.2, -0.15) is 0 Å². The predicted molar refractivity (Wildman–Crippen MR) is 125 cm³/mol. The lowest BCUT2D eigenvalue weighted by Gasteiger charge is -2.19. The van der Waals surface area contributed by atoms with E-state index in [4.69, 9.17) is 9.47 Å². The van der Waals surface area contributed by atoms with Gasteiger partial charge < -0.3 is 30.0 Å². The number of carbonyl (C=O) groups is 4. The molecule has 1 aliphatic rings. The lowest BCUT2D eigenvalue weighted by Crippen LogP contribution is -2.44. The highest BCUT2D eigenvalue weighted by atomic mass is 16.5. The van der Waals surface area contributed by atoms with Crippen molar-refractivity contribution in [3.8, 4) is 11.1 Å². The van der Waals surface area contributed by atoms with E-state index in [-0.39, 0.29) is 25.5 Å². The maximum absolute atomic E-state index is 12.3. The van der Waals surface area contributed by atoms with Crippen LogP contribution in [0.5, 0.6) is 0 Å². The third-order valence-corrected chi connectivity index (χ3v) is 5.80. The largest absolute Gasteiger partial charge is 0.480 e. The minimum absolute atomic E-state index is 0.0324. The number of rotatable bonds is 11. The number of esters is 1. The molecule has 10 heteroatoms. The number of methoxy groups -OCH3 is 2. The molecule has 0 saturated heterocycles. The molecular formula is C25H28N2O8. The molecule has 1 aliphatic carbocycles. The Hall–Kier alpha value is -3.92. The molecule has 0 saturated carbocycles. The summed E-state index contributed by atoms with van der Waals surface area (Å²) in [6.45, 7) is 0.112. The van der Waals surface area contributed by atoms with Gasteiger partial charge in [0.05, 0.1) is 26.1 Å². The fraction of sp³-hybridized carbons (Fsp3) is 0.360. The third kappa shape index (κ3) is 6.57. The van der Waals surface area contributed by atoms with Gasteiger partial charge in [0.15, 0.2) is 0 Å². The van der Waals surface area contributed by atoms with Gasteiger partial charge in [0.2, 0.25) is 5.91 Å². The summed E-state index contributed by atoms with van der Waals surface area (Å²) in [4.78, 5) is 47.2. The second-order valence-electron chi connectivity index (χ2n) is 8.01. The number of hydrogen-bond donors (Lipinski definition) is 3. The number of fused-ring (bicyclic) bond motifs is 3. The Bertz CT molecular complexity index is 1040. The number of amides is 2. The zero-order chi connectivity index (χ0) is 25.4. The Morgan fingerprint density at radius 3 is 2.09 bits per heavy atom. The first-order chi connectivity index (χ1) is 16.8. The Kier molecular flexibility index (Phi) is 8.80. The maximum atomic E-state index is 12.3. The maximum Gasteiger partial charge on any atom is 0.407 e. The van der Waals surface area contributed by atoms with Gasteiger partial charge in [-0.15, -0.1) is 0 Å². The average Bonchev–Trinajstić information content (AvgIpc) is 3.18. The van der Waals surface area contributed by atoms with E-state index < -0.39 is 42.5 Å². The van der Waals surface area contributed by atoms with E-state index in [0.717, 1.165) is 29.4 Å². The molecule has 3 rings (SSSR count).